The molecule has 2 aliphatic rings. The van der Waals surface area contributed by atoms with E-state index < -0.39 is 0 Å². The van der Waals surface area contributed by atoms with Crippen molar-refractivity contribution in [1.29, 1.82) is 0 Å². The van der Waals surface area contributed by atoms with Crippen LogP contribution in [0.1, 0.15) is 81.9 Å². The normalized spacial score (nSPS) is 28.4. The van der Waals surface area contributed by atoms with Crippen LogP contribution in [0.25, 0.3) is 0 Å². The van der Waals surface area contributed by atoms with E-state index in [2.05, 4.69) is 38.1 Å². The highest BCUT2D eigenvalue weighted by molar-refractivity contribution is 5.29. The molecule has 0 bridgehead atoms. The molecule has 0 aliphatic heterocycles. The summed E-state index contributed by atoms with van der Waals surface area (Å²) in [6.07, 6.45) is 8.76. The minimum Gasteiger partial charge on any atom is -0.388 e. The highest BCUT2D eigenvalue weighted by Gasteiger charge is 2.29. The molecule has 1 nitrogen and oxygen atoms in total. The lowest BCUT2D eigenvalue weighted by atomic mass is 9.73. The fourth-order valence-electron chi connectivity index (χ4n) is 4.14. The molecule has 3 rings (SSSR count). The molecule has 0 radical (unpaired) electrons. The smallest absolute Gasteiger partial charge is 0.0818 e. The minimum absolute atomic E-state index is 0.252. The van der Waals surface area contributed by atoms with E-state index >= 15 is 0 Å². The summed E-state index contributed by atoms with van der Waals surface area (Å²) in [5, 5.41) is 10.8. The lowest BCUT2D eigenvalue weighted by Gasteiger charge is -2.34. The molecule has 1 aromatic carbocycles. The molecule has 0 amide bonds. The van der Waals surface area contributed by atoms with Crippen molar-refractivity contribution in [1.82, 2.24) is 0 Å². The molecular formula is C20H30O. The maximum Gasteiger partial charge on any atom is 0.0818 e. The number of hydrogen-bond donors (Lipinski definition) is 1. The third-order valence-electron chi connectivity index (χ3n) is 6.03. The predicted octanol–water partition coefficient (Wildman–Crippen LogP) is 5.45. The molecule has 1 unspecified atom stereocenters. The minimum atomic E-state index is -0.252. The highest BCUT2D eigenvalue weighted by atomic mass is 16.3. The molecule has 1 N–H and O–H groups in total. The Bertz CT molecular complexity index is 453. The van der Waals surface area contributed by atoms with Crippen molar-refractivity contribution in [3.8, 4) is 0 Å². The van der Waals surface area contributed by atoms with Gasteiger partial charge in [0.25, 0.3) is 0 Å². The SMILES string of the molecule is CC(C)C1CCC(C(O)c2cccc(C3CCC3)c2)CC1. The molecule has 0 saturated heterocycles. The second kappa shape index (κ2) is 6.52. The Morgan fingerprint density at radius 2 is 1.62 bits per heavy atom. The zero-order valence-corrected chi connectivity index (χ0v) is 13.6. The molecule has 21 heavy (non-hydrogen) atoms. The van der Waals surface area contributed by atoms with Gasteiger partial charge in [-0.25, -0.2) is 0 Å². The van der Waals surface area contributed by atoms with Gasteiger partial charge in [0, 0.05) is 0 Å². The summed E-state index contributed by atoms with van der Waals surface area (Å²) in [7, 11) is 0. The first-order valence-electron chi connectivity index (χ1n) is 8.93. The molecule has 0 spiro atoms. The third-order valence-corrected chi connectivity index (χ3v) is 6.03. The van der Waals surface area contributed by atoms with Gasteiger partial charge in [-0.3, -0.25) is 0 Å². The fraction of sp³-hybridized carbons (Fsp3) is 0.700. The molecule has 1 heteroatoms. The first-order chi connectivity index (χ1) is 10.1. The Kier molecular flexibility index (Phi) is 4.69. The van der Waals surface area contributed by atoms with Gasteiger partial charge in [-0.1, -0.05) is 44.5 Å². The number of aliphatic hydroxyl groups excluding tert-OH is 1. The summed E-state index contributed by atoms with van der Waals surface area (Å²) >= 11 is 0. The van der Waals surface area contributed by atoms with Crippen molar-refractivity contribution < 1.29 is 5.11 Å². The Hall–Kier alpha value is -0.820. The van der Waals surface area contributed by atoms with Gasteiger partial charge in [-0.2, -0.15) is 0 Å². The van der Waals surface area contributed by atoms with Crippen LogP contribution >= 0.6 is 0 Å². The van der Waals surface area contributed by atoms with E-state index in [1.165, 1.54) is 50.5 Å². The van der Waals surface area contributed by atoms with E-state index in [9.17, 15) is 5.11 Å². The third kappa shape index (κ3) is 3.34. The van der Waals surface area contributed by atoms with Gasteiger partial charge in [-0.15, -0.1) is 0 Å². The summed E-state index contributed by atoms with van der Waals surface area (Å²) in [5.41, 5.74) is 2.61. The summed E-state index contributed by atoms with van der Waals surface area (Å²) in [6.45, 7) is 4.67. The second-order valence-corrected chi connectivity index (χ2v) is 7.66. The molecule has 2 fully saturated rings. The van der Waals surface area contributed by atoms with E-state index in [0.29, 0.717) is 5.92 Å². The average Bonchev–Trinajstić information content (AvgIpc) is 2.45. The molecular weight excluding hydrogens is 256 g/mol. The largest absolute Gasteiger partial charge is 0.388 e. The summed E-state index contributed by atoms with van der Waals surface area (Å²) in [5.74, 6) is 2.89. The molecule has 1 atom stereocenters. The zero-order valence-electron chi connectivity index (χ0n) is 13.6. The topological polar surface area (TPSA) is 20.2 Å². The zero-order chi connectivity index (χ0) is 14.8. The Labute approximate surface area is 129 Å². The first kappa shape index (κ1) is 15.1. The molecule has 2 saturated carbocycles. The fourth-order valence-corrected chi connectivity index (χ4v) is 4.14. The van der Waals surface area contributed by atoms with Crippen molar-refractivity contribution in [2.45, 2.75) is 70.8 Å². The van der Waals surface area contributed by atoms with Gasteiger partial charge < -0.3 is 5.11 Å². The van der Waals surface area contributed by atoms with Crippen molar-refractivity contribution in [2.75, 3.05) is 0 Å². The summed E-state index contributed by atoms with van der Waals surface area (Å²) in [6, 6.07) is 8.80. The van der Waals surface area contributed by atoms with Crippen LogP contribution in [0, 0.1) is 17.8 Å². The van der Waals surface area contributed by atoms with Gasteiger partial charge in [0.2, 0.25) is 0 Å². The van der Waals surface area contributed by atoms with E-state index in [1.54, 1.807) is 0 Å². The van der Waals surface area contributed by atoms with Crippen LogP contribution < -0.4 is 0 Å². The maximum absolute atomic E-state index is 10.8. The van der Waals surface area contributed by atoms with Crippen molar-refractivity contribution in [2.24, 2.45) is 17.8 Å². The van der Waals surface area contributed by atoms with Gasteiger partial charge in [0.1, 0.15) is 0 Å². The van der Waals surface area contributed by atoms with E-state index in [4.69, 9.17) is 0 Å². The predicted molar refractivity (Wildman–Crippen MR) is 88.3 cm³/mol. The molecule has 2 aliphatic carbocycles. The number of aliphatic hydroxyl groups is 1. The number of benzene rings is 1. The van der Waals surface area contributed by atoms with Crippen LogP contribution in [-0.4, -0.2) is 5.11 Å². The standard InChI is InChI=1S/C20H30O/c1-14(2)15-9-11-17(12-10-15)20(21)19-8-4-7-18(13-19)16-5-3-6-16/h4,7-8,13-17,20-21H,3,5-6,9-12H2,1-2H3. The van der Waals surface area contributed by atoms with Gasteiger partial charge in [0.15, 0.2) is 0 Å². The first-order valence-corrected chi connectivity index (χ1v) is 8.93. The molecule has 0 aromatic heterocycles. The van der Waals surface area contributed by atoms with Gasteiger partial charge >= 0.3 is 0 Å². The van der Waals surface area contributed by atoms with E-state index in [1.807, 2.05) is 0 Å². The van der Waals surface area contributed by atoms with Crippen molar-refractivity contribution >= 4 is 0 Å². The van der Waals surface area contributed by atoms with Crippen LogP contribution in [-0.2, 0) is 0 Å². The Morgan fingerprint density at radius 3 is 2.19 bits per heavy atom. The van der Waals surface area contributed by atoms with Crippen molar-refractivity contribution in [3.63, 3.8) is 0 Å². The Morgan fingerprint density at radius 1 is 0.952 bits per heavy atom. The molecule has 116 valence electrons. The van der Waals surface area contributed by atoms with Crippen LogP contribution in [0.5, 0.6) is 0 Å². The number of hydrogen-bond acceptors (Lipinski definition) is 1. The lowest BCUT2D eigenvalue weighted by Crippen LogP contribution is -2.23. The van der Waals surface area contributed by atoms with Crippen LogP contribution in [0.3, 0.4) is 0 Å². The van der Waals surface area contributed by atoms with Crippen LogP contribution in [0.4, 0.5) is 0 Å². The quantitative estimate of drug-likeness (QED) is 0.780. The van der Waals surface area contributed by atoms with E-state index in [0.717, 1.165) is 23.3 Å². The summed E-state index contributed by atoms with van der Waals surface area (Å²) in [4.78, 5) is 0. The maximum atomic E-state index is 10.8. The number of rotatable bonds is 4. The van der Waals surface area contributed by atoms with E-state index in [-0.39, 0.29) is 6.10 Å². The van der Waals surface area contributed by atoms with Crippen molar-refractivity contribution in [3.05, 3.63) is 35.4 Å². The summed E-state index contributed by atoms with van der Waals surface area (Å²) < 4.78 is 0. The monoisotopic (exact) mass is 286 g/mol. The van der Waals surface area contributed by atoms with Gasteiger partial charge in [0.05, 0.1) is 6.10 Å². The van der Waals surface area contributed by atoms with Crippen LogP contribution in [0.15, 0.2) is 24.3 Å². The lowest BCUT2D eigenvalue weighted by molar-refractivity contribution is 0.0667. The highest BCUT2D eigenvalue weighted by Crippen LogP contribution is 2.41. The van der Waals surface area contributed by atoms with Crippen LogP contribution in [0.2, 0.25) is 0 Å². The second-order valence-electron chi connectivity index (χ2n) is 7.66. The Balaban J connectivity index is 1.64. The average molecular weight is 286 g/mol. The van der Waals surface area contributed by atoms with Gasteiger partial charge in [-0.05, 0) is 73.3 Å². The molecule has 0 heterocycles. The molecule has 1 aromatic rings.